The third kappa shape index (κ3) is 7.35. The summed E-state index contributed by atoms with van der Waals surface area (Å²) in [7, 11) is 0. The third-order valence-electron chi connectivity index (χ3n) is 7.52. The molecule has 0 radical (unpaired) electrons. The summed E-state index contributed by atoms with van der Waals surface area (Å²) in [6.45, 7) is -0.198. The monoisotopic (exact) mass is 552 g/mol. The average Bonchev–Trinajstić information content (AvgIpc) is 2.93. The van der Waals surface area contributed by atoms with Gasteiger partial charge in [0.2, 0.25) is 0 Å². The van der Waals surface area contributed by atoms with Gasteiger partial charge in [-0.05, 0) is 49.0 Å². The zero-order valence-corrected chi connectivity index (χ0v) is 21.9. The van der Waals surface area contributed by atoms with Gasteiger partial charge in [0.1, 0.15) is 30.0 Å². The molecule has 0 spiro atoms. The minimum Gasteiger partial charge on any atom is -0.512 e. The molecule has 2 amide bonds. The van der Waals surface area contributed by atoms with Gasteiger partial charge in [-0.15, -0.1) is 0 Å². The molecule has 2 aliphatic rings. The average molecular weight is 553 g/mol. The lowest BCUT2D eigenvalue weighted by Crippen LogP contribution is -2.60. The molecule has 218 valence electrons. The summed E-state index contributed by atoms with van der Waals surface area (Å²) < 4.78 is 5.69. The van der Waals surface area contributed by atoms with E-state index in [0.717, 1.165) is 22.3 Å². The van der Waals surface area contributed by atoms with Crippen LogP contribution in [0.1, 0.15) is 24.5 Å². The van der Waals surface area contributed by atoms with Crippen LogP contribution in [0.4, 0.5) is 4.79 Å². The number of carbonyl (C=O) groups is 1. The van der Waals surface area contributed by atoms with Crippen LogP contribution >= 0.6 is 0 Å². The molecule has 12 heteroatoms. The van der Waals surface area contributed by atoms with Crippen molar-refractivity contribution in [2.24, 2.45) is 5.92 Å². The van der Waals surface area contributed by atoms with Gasteiger partial charge in [0.05, 0.1) is 38.3 Å². The predicted molar refractivity (Wildman–Crippen MR) is 140 cm³/mol. The van der Waals surface area contributed by atoms with Crippen molar-refractivity contribution < 1.29 is 50.4 Å². The summed E-state index contributed by atoms with van der Waals surface area (Å²) >= 11 is 0. The SMILES string of the molecule is CC1=C(Cc2ccc(CCNC(=O)NC(CO)(CO)CO)cc2)CC([C@@H]2OC(CO)[C@@H](O)[C@H](O)[C@H]2O)C(O)=C1. The molecule has 0 bridgehead atoms. The van der Waals surface area contributed by atoms with Crippen molar-refractivity contribution in [2.75, 3.05) is 33.0 Å². The van der Waals surface area contributed by atoms with Gasteiger partial charge in [-0.2, -0.15) is 0 Å². The fourth-order valence-electron chi connectivity index (χ4n) is 4.87. The van der Waals surface area contributed by atoms with Crippen molar-refractivity contribution in [3.63, 3.8) is 0 Å². The van der Waals surface area contributed by atoms with Gasteiger partial charge >= 0.3 is 6.03 Å². The van der Waals surface area contributed by atoms with Crippen LogP contribution in [0.25, 0.3) is 0 Å². The van der Waals surface area contributed by atoms with Gasteiger partial charge in [-0.1, -0.05) is 29.8 Å². The Kier molecular flexibility index (Phi) is 10.9. The van der Waals surface area contributed by atoms with Crippen LogP contribution < -0.4 is 10.6 Å². The number of carbonyl (C=O) groups excluding carboxylic acids is 1. The molecule has 1 fully saturated rings. The van der Waals surface area contributed by atoms with E-state index >= 15 is 0 Å². The Morgan fingerprint density at radius 2 is 1.59 bits per heavy atom. The molecule has 10 N–H and O–H groups in total. The van der Waals surface area contributed by atoms with E-state index in [0.29, 0.717) is 25.8 Å². The summed E-state index contributed by atoms with van der Waals surface area (Å²) in [6.07, 6.45) is -3.43. The van der Waals surface area contributed by atoms with Crippen LogP contribution in [0.3, 0.4) is 0 Å². The second kappa shape index (κ2) is 13.7. The number of benzene rings is 1. The van der Waals surface area contributed by atoms with Crippen LogP contribution in [0.2, 0.25) is 0 Å². The predicted octanol–water partition coefficient (Wildman–Crippen LogP) is -1.59. The van der Waals surface area contributed by atoms with Gasteiger partial charge < -0.3 is 56.2 Å². The summed E-state index contributed by atoms with van der Waals surface area (Å²) in [5, 5.41) is 83.8. The number of amides is 2. The molecule has 39 heavy (non-hydrogen) atoms. The Morgan fingerprint density at radius 3 is 2.18 bits per heavy atom. The maximum Gasteiger partial charge on any atom is 0.315 e. The van der Waals surface area contributed by atoms with Gasteiger partial charge in [-0.3, -0.25) is 0 Å². The van der Waals surface area contributed by atoms with E-state index in [1.807, 2.05) is 31.2 Å². The molecular formula is C27H40N2O10. The molecule has 0 saturated carbocycles. The molecular weight excluding hydrogens is 512 g/mol. The summed E-state index contributed by atoms with van der Waals surface area (Å²) in [5.74, 6) is -0.658. The molecule has 1 aliphatic carbocycles. The maximum atomic E-state index is 12.0. The highest BCUT2D eigenvalue weighted by Gasteiger charge is 2.47. The number of hydrogen-bond acceptors (Lipinski definition) is 10. The Hall–Kier alpha value is -2.55. The van der Waals surface area contributed by atoms with Crippen LogP contribution in [0, 0.1) is 5.92 Å². The number of aliphatic hydroxyl groups excluding tert-OH is 8. The quantitative estimate of drug-likeness (QED) is 0.152. The molecule has 0 aromatic heterocycles. The van der Waals surface area contributed by atoms with Crippen molar-refractivity contribution in [3.8, 4) is 0 Å². The van der Waals surface area contributed by atoms with Crippen LogP contribution in [0.15, 0.2) is 47.2 Å². The van der Waals surface area contributed by atoms with Crippen molar-refractivity contribution in [2.45, 2.75) is 62.2 Å². The molecule has 3 rings (SSSR count). The maximum absolute atomic E-state index is 12.0. The number of urea groups is 1. The number of ether oxygens (including phenoxy) is 1. The minimum atomic E-state index is -1.51. The van der Waals surface area contributed by atoms with E-state index in [1.54, 1.807) is 6.08 Å². The molecule has 1 saturated heterocycles. The zero-order valence-electron chi connectivity index (χ0n) is 21.9. The first-order valence-electron chi connectivity index (χ1n) is 12.9. The second-order valence-corrected chi connectivity index (χ2v) is 10.3. The number of aliphatic hydroxyl groups is 8. The summed E-state index contributed by atoms with van der Waals surface area (Å²) in [4.78, 5) is 12.0. The molecule has 1 aromatic rings. The molecule has 12 nitrogen and oxygen atoms in total. The van der Waals surface area contributed by atoms with Crippen molar-refractivity contribution in [1.29, 1.82) is 0 Å². The molecule has 2 unspecified atom stereocenters. The third-order valence-corrected chi connectivity index (χ3v) is 7.52. The Bertz CT molecular complexity index is 1010. The fraction of sp³-hybridized carbons (Fsp3) is 0.593. The molecule has 6 atom stereocenters. The molecule has 1 aliphatic heterocycles. The molecule has 1 aromatic carbocycles. The lowest BCUT2D eigenvalue weighted by Gasteiger charge is -2.43. The summed E-state index contributed by atoms with van der Waals surface area (Å²) in [6, 6.07) is 7.13. The van der Waals surface area contributed by atoms with Gasteiger partial charge in [0.15, 0.2) is 0 Å². The van der Waals surface area contributed by atoms with E-state index in [-0.39, 0.29) is 5.76 Å². The first kappa shape index (κ1) is 31.0. The minimum absolute atomic E-state index is 0.00155. The standard InChI is InChI=1S/C27H40N2O10/c1-15-8-20(34)19(25-24(37)23(36)22(35)21(11-30)39-25)10-18(15)9-17-4-2-16(3-5-17)6-7-28-26(38)29-27(12-31,13-32)14-33/h2-5,8,19,21-25,30-37H,6-7,9-14H2,1H3,(H2,28,29,38)/t19?,21?,22-,23+,24-,25+/m1/s1. The summed E-state index contributed by atoms with van der Waals surface area (Å²) in [5.41, 5.74) is 2.34. The van der Waals surface area contributed by atoms with Gasteiger partial charge in [0, 0.05) is 12.5 Å². The van der Waals surface area contributed by atoms with Gasteiger partial charge in [0.25, 0.3) is 0 Å². The second-order valence-electron chi connectivity index (χ2n) is 10.3. The fourth-order valence-corrected chi connectivity index (χ4v) is 4.87. The van der Waals surface area contributed by atoms with Crippen LogP contribution in [-0.2, 0) is 17.6 Å². The van der Waals surface area contributed by atoms with E-state index in [2.05, 4.69) is 10.6 Å². The highest BCUT2D eigenvalue weighted by Crippen LogP contribution is 2.37. The van der Waals surface area contributed by atoms with Crippen molar-refractivity contribution >= 4 is 6.03 Å². The zero-order chi connectivity index (χ0) is 28.7. The normalized spacial score (nSPS) is 27.7. The van der Waals surface area contributed by atoms with E-state index in [1.165, 1.54) is 0 Å². The number of nitrogens with one attached hydrogen (secondary N) is 2. The van der Waals surface area contributed by atoms with Crippen molar-refractivity contribution in [3.05, 3.63) is 58.4 Å². The number of allylic oxidation sites excluding steroid dienone is 3. The lowest BCUT2D eigenvalue weighted by molar-refractivity contribution is -0.240. The largest absolute Gasteiger partial charge is 0.512 e. The Balaban J connectivity index is 1.58. The smallest absolute Gasteiger partial charge is 0.315 e. The van der Waals surface area contributed by atoms with Crippen LogP contribution in [0.5, 0.6) is 0 Å². The lowest BCUT2D eigenvalue weighted by atomic mass is 9.78. The highest BCUT2D eigenvalue weighted by atomic mass is 16.5. The van der Waals surface area contributed by atoms with E-state index < -0.39 is 74.4 Å². The Morgan fingerprint density at radius 1 is 0.974 bits per heavy atom. The first-order chi connectivity index (χ1) is 18.6. The topological polar surface area (TPSA) is 212 Å². The number of rotatable bonds is 11. The van der Waals surface area contributed by atoms with E-state index in [4.69, 9.17) is 4.74 Å². The van der Waals surface area contributed by atoms with E-state index in [9.17, 15) is 45.6 Å². The van der Waals surface area contributed by atoms with Crippen LogP contribution in [-0.4, -0.2) is 116 Å². The highest BCUT2D eigenvalue weighted by molar-refractivity contribution is 5.74. The first-order valence-corrected chi connectivity index (χ1v) is 12.9. The molecule has 1 heterocycles. The number of hydrogen-bond donors (Lipinski definition) is 10. The van der Waals surface area contributed by atoms with Gasteiger partial charge in [-0.25, -0.2) is 4.79 Å². The van der Waals surface area contributed by atoms with Crippen molar-refractivity contribution in [1.82, 2.24) is 10.6 Å². The Labute approximate surface area is 226 Å².